The predicted octanol–water partition coefficient (Wildman–Crippen LogP) is 2.30. The van der Waals surface area contributed by atoms with Gasteiger partial charge in [-0.25, -0.2) is 4.79 Å². The molecule has 0 saturated carbocycles. The van der Waals surface area contributed by atoms with E-state index in [0.717, 1.165) is 12.1 Å². The number of carbonyl (C=O) groups excluding carboxylic acids is 2. The number of carboxylic acids is 1. The zero-order chi connectivity index (χ0) is 17.1. The highest BCUT2D eigenvalue weighted by Gasteiger charge is 2.31. The van der Waals surface area contributed by atoms with Gasteiger partial charge in [0.05, 0.1) is 11.7 Å². The largest absolute Gasteiger partial charge is 0.573 e. The van der Waals surface area contributed by atoms with Gasteiger partial charge < -0.3 is 19.4 Å². The molecule has 1 aromatic carbocycles. The first-order chi connectivity index (χ1) is 9.87. The van der Waals surface area contributed by atoms with Gasteiger partial charge in [-0.3, -0.25) is 5.32 Å². The third kappa shape index (κ3) is 5.90. The molecule has 0 aliphatic rings. The fourth-order valence-corrected chi connectivity index (χ4v) is 1.41. The number of hydrogen-bond acceptors (Lipinski definition) is 5. The number of benzene rings is 1. The first-order valence-electron chi connectivity index (χ1n) is 5.98. The number of halogens is 3. The lowest BCUT2D eigenvalue weighted by Crippen LogP contribution is -2.29. The van der Waals surface area contributed by atoms with Crippen LogP contribution in [0.5, 0.6) is 5.75 Å². The monoisotopic (exact) mass is 320 g/mol. The average molecular weight is 320 g/mol. The molecule has 1 aromatic rings. The number of nitrogens with one attached hydrogen (secondary N) is 1. The summed E-state index contributed by atoms with van der Waals surface area (Å²) < 4.78 is 44.8. The van der Waals surface area contributed by atoms with Crippen molar-refractivity contribution < 1.29 is 37.3 Å². The van der Waals surface area contributed by atoms with Crippen molar-refractivity contribution in [1.29, 1.82) is 0 Å². The number of carbonyl (C=O) groups is 2. The van der Waals surface area contributed by atoms with E-state index in [9.17, 15) is 27.9 Å². The second-order valence-corrected chi connectivity index (χ2v) is 5.17. The Bertz CT molecular complexity index is 578. The molecule has 6 nitrogen and oxygen atoms in total. The van der Waals surface area contributed by atoms with E-state index in [1.54, 1.807) is 20.8 Å². The molecule has 0 saturated heterocycles. The van der Waals surface area contributed by atoms with Gasteiger partial charge in [-0.05, 0) is 39.0 Å². The normalized spacial score (nSPS) is 11.7. The highest BCUT2D eigenvalue weighted by Crippen LogP contribution is 2.27. The molecule has 0 radical (unpaired) electrons. The number of anilines is 1. The summed E-state index contributed by atoms with van der Waals surface area (Å²) in [6.07, 6.45) is -5.93. The molecule has 22 heavy (non-hydrogen) atoms. The zero-order valence-electron chi connectivity index (χ0n) is 11.9. The molecule has 0 heterocycles. The van der Waals surface area contributed by atoms with Crippen molar-refractivity contribution in [2.75, 3.05) is 5.32 Å². The van der Waals surface area contributed by atoms with Gasteiger partial charge in [-0.15, -0.1) is 13.2 Å². The first kappa shape index (κ1) is 17.6. The van der Waals surface area contributed by atoms with E-state index in [1.807, 2.05) is 0 Å². The molecular formula is C13H13F3NO5-. The van der Waals surface area contributed by atoms with Crippen molar-refractivity contribution in [1.82, 2.24) is 0 Å². The van der Waals surface area contributed by atoms with Crippen LogP contribution in [-0.4, -0.2) is 24.0 Å². The molecule has 0 fully saturated rings. The number of rotatable bonds is 3. The highest BCUT2D eigenvalue weighted by molar-refractivity contribution is 5.98. The number of amides is 1. The minimum absolute atomic E-state index is 0.274. The standard InChI is InChI=1S/C13H14F3NO5/c1-12(2,3)22-11(20)17-9-5-4-7(21-13(14,15)16)6-8(9)10(18)19/h4-6H,1-3H3,(H,17,20)(H,18,19)/p-1. The molecule has 0 spiro atoms. The van der Waals surface area contributed by atoms with Gasteiger partial charge >= 0.3 is 12.5 Å². The summed E-state index contributed by atoms with van der Waals surface area (Å²) in [6.45, 7) is 4.77. The van der Waals surface area contributed by atoms with Crippen LogP contribution in [0.2, 0.25) is 0 Å². The molecule has 1 amide bonds. The Morgan fingerprint density at radius 3 is 2.23 bits per heavy atom. The summed E-state index contributed by atoms with van der Waals surface area (Å²) in [5.41, 5.74) is -1.78. The van der Waals surface area contributed by atoms with E-state index < -0.39 is 35.3 Å². The van der Waals surface area contributed by atoms with E-state index in [2.05, 4.69) is 10.1 Å². The number of hydrogen-bond donors (Lipinski definition) is 1. The number of ether oxygens (including phenoxy) is 2. The number of alkyl halides is 3. The number of aromatic carboxylic acids is 1. The van der Waals surface area contributed by atoms with E-state index >= 15 is 0 Å². The maximum absolute atomic E-state index is 12.1. The SMILES string of the molecule is CC(C)(C)OC(=O)Nc1ccc(OC(F)(F)F)cc1C(=O)[O-]. The van der Waals surface area contributed by atoms with Crippen LogP contribution in [-0.2, 0) is 4.74 Å². The Morgan fingerprint density at radius 1 is 1.18 bits per heavy atom. The van der Waals surface area contributed by atoms with Crippen LogP contribution in [0.15, 0.2) is 18.2 Å². The topological polar surface area (TPSA) is 87.7 Å². The van der Waals surface area contributed by atoms with E-state index in [4.69, 9.17) is 4.74 Å². The van der Waals surface area contributed by atoms with Crippen molar-refractivity contribution in [3.8, 4) is 5.75 Å². The van der Waals surface area contributed by atoms with Crippen LogP contribution in [0.3, 0.4) is 0 Å². The van der Waals surface area contributed by atoms with E-state index in [-0.39, 0.29) is 5.69 Å². The van der Waals surface area contributed by atoms with Crippen molar-refractivity contribution in [2.45, 2.75) is 32.7 Å². The molecule has 9 heteroatoms. The maximum atomic E-state index is 12.1. The van der Waals surface area contributed by atoms with Crippen LogP contribution in [0.1, 0.15) is 31.1 Å². The summed E-state index contributed by atoms with van der Waals surface area (Å²) in [4.78, 5) is 22.5. The van der Waals surface area contributed by atoms with Gasteiger partial charge in [-0.1, -0.05) is 0 Å². The van der Waals surface area contributed by atoms with Gasteiger partial charge in [0, 0.05) is 5.56 Å². The Morgan fingerprint density at radius 2 is 1.77 bits per heavy atom. The third-order valence-electron chi connectivity index (χ3n) is 2.08. The van der Waals surface area contributed by atoms with Crippen LogP contribution in [0, 0.1) is 0 Å². The summed E-state index contributed by atoms with van der Waals surface area (Å²) in [5.74, 6) is -2.53. The van der Waals surface area contributed by atoms with Crippen LogP contribution >= 0.6 is 0 Å². The molecule has 0 unspecified atom stereocenters. The lowest BCUT2D eigenvalue weighted by atomic mass is 10.1. The van der Waals surface area contributed by atoms with Crippen molar-refractivity contribution in [3.63, 3.8) is 0 Å². The fourth-order valence-electron chi connectivity index (χ4n) is 1.41. The summed E-state index contributed by atoms with van der Waals surface area (Å²) in [7, 11) is 0. The second-order valence-electron chi connectivity index (χ2n) is 5.17. The molecule has 0 aliphatic heterocycles. The van der Waals surface area contributed by atoms with Crippen molar-refractivity contribution >= 4 is 17.7 Å². The fraction of sp³-hybridized carbons (Fsp3) is 0.385. The van der Waals surface area contributed by atoms with Gasteiger partial charge in [0.15, 0.2) is 0 Å². The molecule has 0 atom stereocenters. The molecule has 1 N–H and O–H groups in total. The molecular weight excluding hydrogens is 307 g/mol. The van der Waals surface area contributed by atoms with Crippen molar-refractivity contribution in [2.24, 2.45) is 0 Å². The number of carboxylic acid groups (broad SMARTS) is 1. The van der Waals surface area contributed by atoms with Crippen molar-refractivity contribution in [3.05, 3.63) is 23.8 Å². The molecule has 0 aromatic heterocycles. The van der Waals surface area contributed by atoms with Gasteiger partial charge in [0.2, 0.25) is 0 Å². The van der Waals surface area contributed by atoms with E-state index in [1.165, 1.54) is 0 Å². The lowest BCUT2D eigenvalue weighted by Gasteiger charge is -2.21. The Hall–Kier alpha value is -2.45. The summed E-state index contributed by atoms with van der Waals surface area (Å²) >= 11 is 0. The molecule has 0 bridgehead atoms. The first-order valence-corrected chi connectivity index (χ1v) is 5.98. The summed E-state index contributed by atoms with van der Waals surface area (Å²) in [6, 6.07) is 2.39. The van der Waals surface area contributed by atoms with Gasteiger partial charge in [0.1, 0.15) is 11.4 Å². The minimum atomic E-state index is -4.97. The minimum Gasteiger partial charge on any atom is -0.545 e. The lowest BCUT2D eigenvalue weighted by molar-refractivity contribution is -0.275. The van der Waals surface area contributed by atoms with Gasteiger partial charge in [0.25, 0.3) is 0 Å². The second kappa shape index (κ2) is 6.12. The Kier molecular flexibility index (Phi) is 4.90. The molecule has 1 rings (SSSR count). The molecule has 122 valence electrons. The predicted molar refractivity (Wildman–Crippen MR) is 67.3 cm³/mol. The maximum Gasteiger partial charge on any atom is 0.573 e. The van der Waals surface area contributed by atoms with Crippen LogP contribution in [0.25, 0.3) is 0 Å². The van der Waals surface area contributed by atoms with Gasteiger partial charge in [-0.2, -0.15) is 0 Å². The molecule has 0 aliphatic carbocycles. The summed E-state index contributed by atoms with van der Waals surface area (Å²) in [5, 5.41) is 13.1. The Balaban J connectivity index is 3.01. The van der Waals surface area contributed by atoms with E-state index in [0.29, 0.717) is 6.07 Å². The smallest absolute Gasteiger partial charge is 0.545 e. The third-order valence-corrected chi connectivity index (χ3v) is 2.08. The average Bonchev–Trinajstić information content (AvgIpc) is 2.26. The quantitative estimate of drug-likeness (QED) is 0.923. The van der Waals surface area contributed by atoms with Crippen LogP contribution < -0.4 is 15.2 Å². The Labute approximate surface area is 123 Å². The highest BCUT2D eigenvalue weighted by atomic mass is 19.4. The van der Waals surface area contributed by atoms with Crippen LogP contribution in [0.4, 0.5) is 23.7 Å². The zero-order valence-corrected chi connectivity index (χ0v) is 11.9.